The summed E-state index contributed by atoms with van der Waals surface area (Å²) in [4.78, 5) is 12.7. The van der Waals surface area contributed by atoms with E-state index in [1.807, 2.05) is 24.6 Å². The Morgan fingerprint density at radius 3 is 2.86 bits per heavy atom. The zero-order valence-corrected chi connectivity index (χ0v) is 14.3. The number of hydrogen-bond acceptors (Lipinski definition) is 6. The van der Waals surface area contributed by atoms with E-state index in [9.17, 15) is 4.79 Å². The zero-order valence-electron chi connectivity index (χ0n) is 11.9. The molecule has 0 amide bonds. The fraction of sp³-hybridized carbons (Fsp3) is 0.214. The minimum atomic E-state index is 0.0333. The van der Waals surface area contributed by atoms with E-state index in [1.54, 1.807) is 18.4 Å². The van der Waals surface area contributed by atoms with E-state index in [0.717, 1.165) is 17.1 Å². The van der Waals surface area contributed by atoms with Gasteiger partial charge >= 0.3 is 0 Å². The predicted molar refractivity (Wildman–Crippen MR) is 87.8 cm³/mol. The second-order valence-electron chi connectivity index (χ2n) is 4.57. The molecule has 3 aromatic heterocycles. The summed E-state index contributed by atoms with van der Waals surface area (Å²) in [5, 5.41) is 9.01. The molecule has 0 unspecified atom stereocenters. The molecule has 0 saturated heterocycles. The number of furan rings is 1. The molecule has 22 heavy (non-hydrogen) atoms. The van der Waals surface area contributed by atoms with Crippen molar-refractivity contribution < 1.29 is 9.21 Å². The molecule has 0 N–H and O–H groups in total. The number of halogens is 1. The van der Waals surface area contributed by atoms with E-state index in [-0.39, 0.29) is 5.78 Å². The van der Waals surface area contributed by atoms with Crippen LogP contribution >= 0.6 is 34.7 Å². The number of ketones is 1. The number of hydrogen-bond donors (Lipinski definition) is 0. The molecule has 0 aliphatic heterocycles. The molecular weight excluding hydrogens is 342 g/mol. The lowest BCUT2D eigenvalue weighted by Crippen LogP contribution is -2.02. The van der Waals surface area contributed by atoms with Crippen LogP contribution < -0.4 is 0 Å². The van der Waals surface area contributed by atoms with Gasteiger partial charge in [-0.05, 0) is 25.1 Å². The number of rotatable bonds is 5. The molecule has 0 bridgehead atoms. The highest BCUT2D eigenvalue weighted by molar-refractivity contribution is 7.99. The van der Waals surface area contributed by atoms with Crippen LogP contribution in [0.2, 0.25) is 4.34 Å². The first kappa shape index (κ1) is 15.3. The van der Waals surface area contributed by atoms with Gasteiger partial charge in [0.25, 0.3) is 0 Å². The van der Waals surface area contributed by atoms with Crippen LogP contribution in [0.25, 0.3) is 11.4 Å². The number of nitrogens with zero attached hydrogens (tertiary/aromatic N) is 3. The number of thiophene rings is 1. The van der Waals surface area contributed by atoms with Crippen molar-refractivity contribution in [3.63, 3.8) is 0 Å². The highest BCUT2D eigenvalue weighted by Crippen LogP contribution is 2.27. The Bertz CT molecular complexity index is 822. The largest absolute Gasteiger partial charge is 0.469 e. The molecule has 3 heterocycles. The molecule has 0 aromatic carbocycles. The van der Waals surface area contributed by atoms with Gasteiger partial charge in [0, 0.05) is 7.05 Å². The number of Topliss-reactive ketones (excluding diaryl/α,β-unsaturated/α-hetero) is 1. The van der Waals surface area contributed by atoms with Gasteiger partial charge in [-0.15, -0.1) is 21.5 Å². The second kappa shape index (κ2) is 6.28. The van der Waals surface area contributed by atoms with E-state index < -0.39 is 0 Å². The maximum absolute atomic E-state index is 12.1. The second-order valence-corrected chi connectivity index (χ2v) is 7.23. The van der Waals surface area contributed by atoms with Crippen LogP contribution in [0.3, 0.4) is 0 Å². The third-order valence-corrected chi connectivity index (χ3v) is 5.41. The monoisotopic (exact) mass is 353 g/mol. The van der Waals surface area contributed by atoms with Crippen molar-refractivity contribution in [1.29, 1.82) is 0 Å². The van der Waals surface area contributed by atoms with Crippen LogP contribution in [0, 0.1) is 6.92 Å². The first-order valence-electron chi connectivity index (χ1n) is 6.41. The molecule has 0 saturated carbocycles. The zero-order chi connectivity index (χ0) is 15.7. The van der Waals surface area contributed by atoms with Crippen LogP contribution in [0.4, 0.5) is 0 Å². The molecule has 0 spiro atoms. The molecule has 0 aliphatic carbocycles. The van der Waals surface area contributed by atoms with Gasteiger partial charge in [-0.2, -0.15) is 0 Å². The van der Waals surface area contributed by atoms with E-state index in [2.05, 4.69) is 10.2 Å². The molecule has 3 rings (SSSR count). The lowest BCUT2D eigenvalue weighted by atomic mass is 10.2. The average Bonchev–Trinajstić information content (AvgIpc) is 3.18. The maximum Gasteiger partial charge on any atom is 0.191 e. The van der Waals surface area contributed by atoms with Gasteiger partial charge in [0.05, 0.1) is 26.8 Å². The van der Waals surface area contributed by atoms with Crippen LogP contribution in [0.5, 0.6) is 0 Å². The molecule has 5 nitrogen and oxygen atoms in total. The van der Waals surface area contributed by atoms with Gasteiger partial charge in [0.15, 0.2) is 16.8 Å². The van der Waals surface area contributed by atoms with Crippen molar-refractivity contribution in [2.24, 2.45) is 7.05 Å². The normalized spacial score (nSPS) is 11.0. The topological polar surface area (TPSA) is 60.9 Å². The highest BCUT2D eigenvalue weighted by Gasteiger charge is 2.16. The van der Waals surface area contributed by atoms with Gasteiger partial charge in [-0.25, -0.2) is 0 Å². The molecule has 3 aromatic rings. The van der Waals surface area contributed by atoms with Gasteiger partial charge in [0.1, 0.15) is 5.76 Å². The first-order valence-corrected chi connectivity index (χ1v) is 8.59. The Kier molecular flexibility index (Phi) is 4.37. The minimum absolute atomic E-state index is 0.0333. The smallest absolute Gasteiger partial charge is 0.191 e. The quantitative estimate of drug-likeness (QED) is 0.511. The first-order chi connectivity index (χ1) is 10.6. The Labute approximate surface area is 140 Å². The van der Waals surface area contributed by atoms with Crippen LogP contribution in [0.15, 0.2) is 34.0 Å². The SMILES string of the molecule is Cc1occc1-c1nnc(SCC(=O)c2ccc(Cl)s2)n1C. The van der Waals surface area contributed by atoms with Crippen molar-refractivity contribution >= 4 is 40.5 Å². The fourth-order valence-electron chi connectivity index (χ4n) is 1.96. The standard InChI is InChI=1S/C14H12ClN3O2S2/c1-8-9(5-6-20-8)13-16-17-14(18(13)2)21-7-10(19)11-3-4-12(15)22-11/h3-6H,7H2,1-2H3. The van der Waals surface area contributed by atoms with Crippen molar-refractivity contribution in [3.05, 3.63) is 39.4 Å². The minimum Gasteiger partial charge on any atom is -0.469 e. The number of carbonyl (C=O) groups excluding carboxylic acids is 1. The fourth-order valence-corrected chi connectivity index (χ4v) is 3.82. The average molecular weight is 354 g/mol. The summed E-state index contributed by atoms with van der Waals surface area (Å²) in [6, 6.07) is 5.33. The number of aryl methyl sites for hydroxylation is 1. The van der Waals surface area contributed by atoms with Gasteiger partial charge < -0.3 is 8.98 Å². The third kappa shape index (κ3) is 2.97. The summed E-state index contributed by atoms with van der Waals surface area (Å²) < 4.78 is 7.76. The van der Waals surface area contributed by atoms with Crippen LogP contribution in [-0.2, 0) is 7.05 Å². The summed E-state index contributed by atoms with van der Waals surface area (Å²) in [6.45, 7) is 1.88. The molecule has 0 aliphatic rings. The van der Waals surface area contributed by atoms with Crippen molar-refractivity contribution in [2.75, 3.05) is 5.75 Å². The van der Waals surface area contributed by atoms with Gasteiger partial charge in [-0.3, -0.25) is 4.79 Å². The van der Waals surface area contributed by atoms with E-state index in [0.29, 0.717) is 20.1 Å². The van der Waals surface area contributed by atoms with Crippen LogP contribution in [-0.4, -0.2) is 26.3 Å². The summed E-state index contributed by atoms with van der Waals surface area (Å²) in [6.07, 6.45) is 1.62. The Morgan fingerprint density at radius 1 is 1.41 bits per heavy atom. The molecule has 114 valence electrons. The Morgan fingerprint density at radius 2 is 2.23 bits per heavy atom. The lowest BCUT2D eigenvalue weighted by Gasteiger charge is -2.02. The Hall–Kier alpha value is -1.57. The summed E-state index contributed by atoms with van der Waals surface area (Å²) >= 11 is 8.49. The number of aromatic nitrogens is 3. The molecule has 0 atom stereocenters. The number of carbonyl (C=O) groups is 1. The Balaban J connectivity index is 1.73. The van der Waals surface area contributed by atoms with Crippen molar-refractivity contribution in [1.82, 2.24) is 14.8 Å². The summed E-state index contributed by atoms with van der Waals surface area (Å²) in [5.41, 5.74) is 0.901. The summed E-state index contributed by atoms with van der Waals surface area (Å²) in [5.74, 6) is 1.84. The van der Waals surface area contributed by atoms with E-state index in [4.69, 9.17) is 16.0 Å². The summed E-state index contributed by atoms with van der Waals surface area (Å²) in [7, 11) is 1.87. The van der Waals surface area contributed by atoms with Crippen molar-refractivity contribution in [3.8, 4) is 11.4 Å². The lowest BCUT2D eigenvalue weighted by molar-refractivity contribution is 0.102. The van der Waals surface area contributed by atoms with Gasteiger partial charge in [-0.1, -0.05) is 23.4 Å². The molecular formula is C14H12ClN3O2S2. The predicted octanol–water partition coefficient (Wildman–Crippen LogP) is 4.07. The third-order valence-electron chi connectivity index (χ3n) is 3.12. The van der Waals surface area contributed by atoms with Crippen molar-refractivity contribution in [2.45, 2.75) is 12.1 Å². The molecule has 8 heteroatoms. The van der Waals surface area contributed by atoms with Crippen LogP contribution in [0.1, 0.15) is 15.4 Å². The van der Waals surface area contributed by atoms with E-state index in [1.165, 1.54) is 23.1 Å². The number of thioether (sulfide) groups is 1. The molecule has 0 radical (unpaired) electrons. The van der Waals surface area contributed by atoms with E-state index >= 15 is 0 Å². The van der Waals surface area contributed by atoms with Gasteiger partial charge in [0.2, 0.25) is 0 Å². The maximum atomic E-state index is 12.1. The highest BCUT2D eigenvalue weighted by atomic mass is 35.5. The molecule has 0 fully saturated rings.